The third-order valence-electron chi connectivity index (χ3n) is 2.54. The third kappa shape index (κ3) is 25.1. The van der Waals surface area contributed by atoms with Crippen LogP contribution in [0.4, 0.5) is 0 Å². The van der Waals surface area contributed by atoms with Gasteiger partial charge in [-0.1, -0.05) is 61.8 Å². The molecule has 0 fully saturated rings. The molecule has 14 heteroatoms. The van der Waals surface area contributed by atoms with Gasteiger partial charge >= 0.3 is 46.1 Å². The summed E-state index contributed by atoms with van der Waals surface area (Å²) in [7, 11) is 0. The first-order valence-electron chi connectivity index (χ1n) is 7.86. The van der Waals surface area contributed by atoms with Gasteiger partial charge in [0.2, 0.25) is 0 Å². The van der Waals surface area contributed by atoms with E-state index in [0.29, 0.717) is 10.0 Å². The SMILES string of the molecule is Brc1cc[c-]nc1.Brc1ccc(I)nc1.Clc1cc[c-]nc1.Clc1ccc(Br)nc1.[Cl-].[Cl-].[Mg+2].[Mg+2]. The van der Waals surface area contributed by atoms with Crippen LogP contribution in [-0.4, -0.2) is 66.0 Å². The number of aromatic nitrogens is 4. The van der Waals surface area contributed by atoms with Gasteiger partial charge in [-0.25, -0.2) is 9.97 Å². The first-order chi connectivity index (χ1) is 14.4. The van der Waals surface area contributed by atoms with Crippen LogP contribution < -0.4 is 24.8 Å². The van der Waals surface area contributed by atoms with Crippen LogP contribution in [0.1, 0.15) is 0 Å². The van der Waals surface area contributed by atoms with E-state index in [9.17, 15) is 0 Å². The molecule has 0 aliphatic rings. The number of hydrogen-bond acceptors (Lipinski definition) is 4. The Morgan fingerprint density at radius 3 is 1.47 bits per heavy atom. The van der Waals surface area contributed by atoms with Crippen LogP contribution in [0, 0.1) is 16.1 Å². The quantitative estimate of drug-likeness (QED) is 0.116. The zero-order chi connectivity index (χ0) is 22.2. The molecule has 4 rings (SSSR count). The Labute approximate surface area is 293 Å². The molecule has 4 heterocycles. The van der Waals surface area contributed by atoms with E-state index in [1.54, 1.807) is 55.1 Å². The Balaban J connectivity index is -0.000000170. The molecule has 0 radical (unpaired) electrons. The normalized spacial score (nSPS) is 7.94. The second-order valence-electron chi connectivity index (χ2n) is 4.81. The van der Waals surface area contributed by atoms with E-state index in [-0.39, 0.29) is 70.9 Å². The number of halogens is 8. The maximum atomic E-state index is 5.53. The second kappa shape index (κ2) is 27.5. The van der Waals surface area contributed by atoms with Crippen LogP contribution in [0.25, 0.3) is 0 Å². The summed E-state index contributed by atoms with van der Waals surface area (Å²) in [6.45, 7) is 0. The Morgan fingerprint density at radius 1 is 0.647 bits per heavy atom. The summed E-state index contributed by atoms with van der Waals surface area (Å²) in [4.78, 5) is 15.2. The Hall–Kier alpha value is 1.46. The van der Waals surface area contributed by atoms with Gasteiger partial charge < -0.3 is 34.8 Å². The molecular formula is C20H12Br3Cl4IMg2N4. The molecule has 0 aromatic carbocycles. The van der Waals surface area contributed by atoms with Crippen molar-refractivity contribution in [3.8, 4) is 0 Å². The minimum atomic E-state index is 0. The topological polar surface area (TPSA) is 51.6 Å². The minimum Gasteiger partial charge on any atom is -1.00 e. The summed E-state index contributed by atoms with van der Waals surface area (Å²) in [6, 6.07) is 14.5. The molecule has 0 amide bonds. The zero-order valence-electron chi connectivity index (χ0n) is 17.2. The van der Waals surface area contributed by atoms with Gasteiger partial charge in [-0.05, 0) is 78.7 Å². The minimum absolute atomic E-state index is 0. The first-order valence-corrected chi connectivity index (χ1v) is 12.1. The number of nitrogens with zero attached hydrogens (tertiary/aromatic N) is 4. The molecule has 0 saturated carbocycles. The van der Waals surface area contributed by atoms with Crippen LogP contribution >= 0.6 is 93.6 Å². The molecule has 0 N–H and O–H groups in total. The Morgan fingerprint density at radius 2 is 1.21 bits per heavy atom. The van der Waals surface area contributed by atoms with Crippen LogP contribution in [0.2, 0.25) is 10.0 Å². The van der Waals surface area contributed by atoms with E-state index >= 15 is 0 Å². The van der Waals surface area contributed by atoms with E-state index in [2.05, 4.69) is 103 Å². The van der Waals surface area contributed by atoms with Crippen LogP contribution in [-0.2, 0) is 0 Å². The van der Waals surface area contributed by atoms with E-state index in [0.717, 1.165) is 17.2 Å². The number of rotatable bonds is 0. The molecule has 0 aliphatic heterocycles. The van der Waals surface area contributed by atoms with Gasteiger partial charge in [-0.3, -0.25) is 0 Å². The fraction of sp³-hybridized carbons (Fsp3) is 0. The van der Waals surface area contributed by atoms with Crippen molar-refractivity contribution in [2.24, 2.45) is 0 Å². The fourth-order valence-corrected chi connectivity index (χ4v) is 2.57. The van der Waals surface area contributed by atoms with Crippen molar-refractivity contribution in [1.29, 1.82) is 0 Å². The predicted octanol–water partition coefficient (Wildman–Crippen LogP) is 1.37. The molecule has 172 valence electrons. The zero-order valence-corrected chi connectivity index (χ0v) is 29.9. The van der Waals surface area contributed by atoms with E-state index in [1.807, 2.05) is 18.2 Å². The van der Waals surface area contributed by atoms with Crippen molar-refractivity contribution in [3.05, 3.63) is 113 Å². The fourth-order valence-electron chi connectivity index (χ4n) is 1.32. The summed E-state index contributed by atoms with van der Waals surface area (Å²) in [5, 5.41) is 1.31. The molecule has 34 heavy (non-hydrogen) atoms. The maximum Gasteiger partial charge on any atom is 2.00 e. The smallest absolute Gasteiger partial charge is 1.00 e. The van der Waals surface area contributed by atoms with Crippen LogP contribution in [0.5, 0.6) is 0 Å². The molecule has 4 aromatic heterocycles. The largest absolute Gasteiger partial charge is 2.00 e. The number of pyridine rings is 4. The van der Waals surface area contributed by atoms with E-state index in [4.69, 9.17) is 23.2 Å². The van der Waals surface area contributed by atoms with Crippen molar-refractivity contribution in [2.45, 2.75) is 0 Å². The van der Waals surface area contributed by atoms with Gasteiger partial charge in [0, 0.05) is 16.9 Å². The van der Waals surface area contributed by atoms with Gasteiger partial charge in [0.25, 0.3) is 0 Å². The van der Waals surface area contributed by atoms with Crippen molar-refractivity contribution < 1.29 is 24.8 Å². The average Bonchev–Trinajstić information content (AvgIpc) is 2.75. The van der Waals surface area contributed by atoms with E-state index in [1.165, 1.54) is 0 Å². The predicted molar refractivity (Wildman–Crippen MR) is 152 cm³/mol. The molecule has 4 nitrogen and oxygen atoms in total. The molecule has 0 spiro atoms. The van der Waals surface area contributed by atoms with Crippen LogP contribution in [0.3, 0.4) is 0 Å². The van der Waals surface area contributed by atoms with Crippen LogP contribution in [0.15, 0.2) is 86.9 Å². The third-order valence-corrected chi connectivity index (χ3v) is 5.03. The monoisotopic (exact) mass is 860 g/mol. The molecule has 4 aromatic rings. The summed E-state index contributed by atoms with van der Waals surface area (Å²) in [6.07, 6.45) is 11.9. The average molecular weight is 865 g/mol. The molecule has 0 unspecified atom stereocenters. The second-order valence-corrected chi connectivity index (χ2v) is 9.43. The van der Waals surface area contributed by atoms with Crippen molar-refractivity contribution in [3.63, 3.8) is 0 Å². The Bertz CT molecular complexity index is 844. The van der Waals surface area contributed by atoms with Gasteiger partial charge in [0.15, 0.2) is 0 Å². The van der Waals surface area contributed by atoms with Gasteiger partial charge in [0.05, 0.1) is 5.02 Å². The van der Waals surface area contributed by atoms with Crippen molar-refractivity contribution >= 4 is 140 Å². The summed E-state index contributed by atoms with van der Waals surface area (Å²) in [5.41, 5.74) is 0. The van der Waals surface area contributed by atoms with Gasteiger partial charge in [-0.2, -0.15) is 18.2 Å². The molecular weight excluding hydrogens is 853 g/mol. The van der Waals surface area contributed by atoms with Gasteiger partial charge in [0.1, 0.15) is 8.30 Å². The number of hydrogen-bond donors (Lipinski definition) is 0. The van der Waals surface area contributed by atoms with Crippen molar-refractivity contribution in [2.75, 3.05) is 0 Å². The van der Waals surface area contributed by atoms with E-state index < -0.39 is 0 Å². The summed E-state index contributed by atoms with van der Waals surface area (Å²) in [5.74, 6) is 0. The summed E-state index contributed by atoms with van der Waals surface area (Å²) >= 11 is 22.8. The standard InChI is InChI=1S/C5H3BrClN.C5H3BrIN.C5H3BrN.C5H3ClN.2ClH.2Mg/c6-5-2-1-4(7)3-8-5;6-4-1-2-5(7)8-3-4;2*6-5-2-1-3-7-4-5;;;;/h2*1-3H;2*1-2,4H;2*1H;;/q;;2*-1;;;2*+2/p-2. The Kier molecular flexibility index (Phi) is 34.4. The summed E-state index contributed by atoms with van der Waals surface area (Å²) < 4.78 is 3.84. The molecule has 0 saturated heterocycles. The van der Waals surface area contributed by atoms with Gasteiger partial charge in [-0.15, -0.1) is 17.7 Å². The molecule has 0 bridgehead atoms. The van der Waals surface area contributed by atoms with Crippen molar-refractivity contribution in [1.82, 2.24) is 19.9 Å². The maximum absolute atomic E-state index is 5.53. The molecule has 0 aliphatic carbocycles. The first kappa shape index (κ1) is 42.5. The molecule has 0 atom stereocenters.